The lowest BCUT2D eigenvalue weighted by Crippen LogP contribution is -2.07. The van der Waals surface area contributed by atoms with E-state index in [-0.39, 0.29) is 29.5 Å². The summed E-state index contributed by atoms with van der Waals surface area (Å²) in [5.74, 6) is -0.809. The lowest BCUT2D eigenvalue weighted by molar-refractivity contribution is 0.0895. The number of carbonyl (C=O) groups is 1. The number of nitrogens with zero attached hydrogens (tertiary/aromatic N) is 2. The molecule has 0 saturated carbocycles. The molecule has 0 aromatic carbocycles. The van der Waals surface area contributed by atoms with Crippen LogP contribution in [-0.2, 0) is 11.3 Å². The van der Waals surface area contributed by atoms with E-state index in [0.717, 1.165) is 13.2 Å². The number of ether oxygens (including phenoxy) is 1. The van der Waals surface area contributed by atoms with Crippen LogP contribution in [0.3, 0.4) is 0 Å². The summed E-state index contributed by atoms with van der Waals surface area (Å²) in [7, 11) is 0. The highest BCUT2D eigenvalue weighted by molar-refractivity contribution is 9.10. The van der Waals surface area contributed by atoms with Gasteiger partial charge in [-0.25, -0.2) is 9.97 Å². The number of ketones is 1. The molecule has 2 aromatic heterocycles. The van der Waals surface area contributed by atoms with E-state index in [1.807, 2.05) is 0 Å². The average molecular weight is 508 g/mol. The molecule has 0 spiro atoms. The number of pyridine rings is 2. The average Bonchev–Trinajstić information content (AvgIpc) is 3.25. The fourth-order valence-electron chi connectivity index (χ4n) is 1.80. The van der Waals surface area contributed by atoms with Crippen molar-refractivity contribution in [2.24, 2.45) is 0 Å². The van der Waals surface area contributed by atoms with E-state index < -0.39 is 12.4 Å². The number of carbonyl (C=O) groups excluding carboxylic acids is 1. The van der Waals surface area contributed by atoms with Crippen LogP contribution in [0, 0.1) is 0 Å². The van der Waals surface area contributed by atoms with E-state index in [9.17, 15) is 4.79 Å². The molecular formula is C17H20Br2N2O6. The molecular weight excluding hydrogens is 488 g/mol. The second kappa shape index (κ2) is 12.7. The van der Waals surface area contributed by atoms with Gasteiger partial charge in [0.15, 0.2) is 5.69 Å². The highest BCUT2D eigenvalue weighted by atomic mass is 79.9. The van der Waals surface area contributed by atoms with Crippen LogP contribution in [0.1, 0.15) is 29.0 Å². The lowest BCUT2D eigenvalue weighted by atomic mass is 10.2. The number of aromatic nitrogens is 2. The van der Waals surface area contributed by atoms with Crippen molar-refractivity contribution < 1.29 is 30.0 Å². The van der Waals surface area contributed by atoms with Crippen LogP contribution in [0.25, 0.3) is 0 Å². The SMILES string of the molecule is C1CCOC1.O=C(CO)c1nc(Br)ccc1O.OCc1nc(Br)ccc1O. The van der Waals surface area contributed by atoms with Crippen molar-refractivity contribution in [3.05, 3.63) is 44.9 Å². The highest BCUT2D eigenvalue weighted by Crippen LogP contribution is 2.18. The maximum absolute atomic E-state index is 10.9. The Morgan fingerprint density at radius 1 is 0.963 bits per heavy atom. The fourth-order valence-corrected chi connectivity index (χ4v) is 2.46. The largest absolute Gasteiger partial charge is 0.506 e. The maximum atomic E-state index is 10.9. The van der Waals surface area contributed by atoms with Gasteiger partial charge in [-0.2, -0.15) is 0 Å². The number of Topliss-reactive ketones (excluding diaryl/α,β-unsaturated/α-hetero) is 1. The third kappa shape index (κ3) is 8.76. The van der Waals surface area contributed by atoms with Gasteiger partial charge in [0.25, 0.3) is 0 Å². The molecule has 1 aliphatic heterocycles. The zero-order chi connectivity index (χ0) is 20.2. The number of hydrogen-bond acceptors (Lipinski definition) is 8. The van der Waals surface area contributed by atoms with Crippen molar-refractivity contribution in [2.75, 3.05) is 19.8 Å². The molecule has 1 fully saturated rings. The molecule has 3 heterocycles. The standard InChI is InChI=1S/C7H6BrNO3.C6H6BrNO2.C4H8O/c8-6-2-1-4(11)7(9-6)5(12)3-10;7-6-2-1-5(10)4(3-9)8-6;1-2-4-5-3-1/h1-2,10-11H,3H2;1-2,9-10H,3H2;1-4H2. The van der Waals surface area contributed by atoms with Gasteiger partial charge in [-0.3, -0.25) is 4.79 Å². The number of aliphatic hydroxyl groups excluding tert-OH is 2. The van der Waals surface area contributed by atoms with Gasteiger partial charge in [-0.15, -0.1) is 0 Å². The molecule has 148 valence electrons. The molecule has 27 heavy (non-hydrogen) atoms. The molecule has 10 heteroatoms. The van der Waals surface area contributed by atoms with E-state index >= 15 is 0 Å². The second-order valence-electron chi connectivity index (χ2n) is 5.16. The summed E-state index contributed by atoms with van der Waals surface area (Å²) in [6, 6.07) is 5.92. The third-order valence-electron chi connectivity index (χ3n) is 3.14. The Hall–Kier alpha value is -1.59. The lowest BCUT2D eigenvalue weighted by Gasteiger charge is -1.99. The fraction of sp³-hybridized carbons (Fsp3) is 0.353. The Kier molecular flexibility index (Phi) is 11.1. The molecule has 0 amide bonds. The number of aromatic hydroxyl groups is 2. The summed E-state index contributed by atoms with van der Waals surface area (Å²) >= 11 is 6.14. The summed E-state index contributed by atoms with van der Waals surface area (Å²) in [6.07, 6.45) is 2.56. The van der Waals surface area contributed by atoms with Crippen molar-refractivity contribution in [3.63, 3.8) is 0 Å². The minimum atomic E-state index is -0.656. The van der Waals surface area contributed by atoms with Gasteiger partial charge < -0.3 is 25.2 Å². The van der Waals surface area contributed by atoms with Crippen molar-refractivity contribution >= 4 is 37.6 Å². The first-order chi connectivity index (χ1) is 12.9. The van der Waals surface area contributed by atoms with Crippen LogP contribution in [0.5, 0.6) is 11.5 Å². The first kappa shape index (κ1) is 23.4. The monoisotopic (exact) mass is 506 g/mol. The smallest absolute Gasteiger partial charge is 0.210 e. The topological polar surface area (TPSA) is 133 Å². The van der Waals surface area contributed by atoms with Crippen molar-refractivity contribution in [2.45, 2.75) is 19.4 Å². The molecule has 1 aliphatic rings. The molecule has 8 nitrogen and oxygen atoms in total. The molecule has 2 aromatic rings. The van der Waals surface area contributed by atoms with Crippen LogP contribution in [0.4, 0.5) is 0 Å². The molecule has 0 radical (unpaired) electrons. The van der Waals surface area contributed by atoms with E-state index in [0.29, 0.717) is 9.21 Å². The van der Waals surface area contributed by atoms with Gasteiger partial charge in [0.05, 0.1) is 6.61 Å². The van der Waals surface area contributed by atoms with Crippen molar-refractivity contribution in [1.29, 1.82) is 0 Å². The quantitative estimate of drug-likeness (QED) is 0.368. The molecule has 0 atom stereocenters. The Morgan fingerprint density at radius 3 is 1.96 bits per heavy atom. The van der Waals surface area contributed by atoms with E-state index in [4.69, 9.17) is 25.2 Å². The Balaban J connectivity index is 0.000000218. The van der Waals surface area contributed by atoms with Gasteiger partial charge in [-0.1, -0.05) is 0 Å². The van der Waals surface area contributed by atoms with Crippen LogP contribution < -0.4 is 0 Å². The first-order valence-electron chi connectivity index (χ1n) is 7.91. The maximum Gasteiger partial charge on any atom is 0.210 e. The molecule has 0 aliphatic carbocycles. The van der Waals surface area contributed by atoms with Crippen LogP contribution in [0.15, 0.2) is 33.5 Å². The number of hydrogen-bond donors (Lipinski definition) is 4. The summed E-state index contributed by atoms with van der Waals surface area (Å²) in [4.78, 5) is 18.4. The summed E-state index contributed by atoms with van der Waals surface area (Å²) in [5, 5.41) is 35.2. The minimum Gasteiger partial charge on any atom is -0.506 e. The Bertz CT molecular complexity index is 734. The third-order valence-corrected chi connectivity index (χ3v) is 4.02. The normalized spacial score (nSPS) is 12.4. The van der Waals surface area contributed by atoms with Crippen LogP contribution in [-0.4, -0.2) is 56.0 Å². The zero-order valence-electron chi connectivity index (χ0n) is 14.3. The first-order valence-corrected chi connectivity index (χ1v) is 9.50. The summed E-state index contributed by atoms with van der Waals surface area (Å²) in [6.45, 7) is 1.10. The molecule has 0 bridgehead atoms. The van der Waals surface area contributed by atoms with Gasteiger partial charge in [0.1, 0.15) is 33.0 Å². The second-order valence-corrected chi connectivity index (χ2v) is 6.79. The Labute approximate surface area is 173 Å². The van der Waals surface area contributed by atoms with Crippen LogP contribution >= 0.6 is 31.9 Å². The Morgan fingerprint density at radius 2 is 1.52 bits per heavy atom. The van der Waals surface area contributed by atoms with Gasteiger partial charge >= 0.3 is 0 Å². The molecule has 1 saturated heterocycles. The minimum absolute atomic E-state index is 0.0192. The van der Waals surface area contributed by atoms with Gasteiger partial charge in [0.2, 0.25) is 5.78 Å². The van der Waals surface area contributed by atoms with Crippen molar-refractivity contribution in [1.82, 2.24) is 9.97 Å². The number of rotatable bonds is 3. The predicted molar refractivity (Wildman–Crippen MR) is 105 cm³/mol. The van der Waals surface area contributed by atoms with Crippen molar-refractivity contribution in [3.8, 4) is 11.5 Å². The predicted octanol–water partition coefficient (Wildman–Crippen LogP) is 2.56. The summed E-state index contributed by atoms with van der Waals surface area (Å²) < 4.78 is 5.99. The molecule has 0 unspecified atom stereocenters. The highest BCUT2D eigenvalue weighted by Gasteiger charge is 2.11. The van der Waals surface area contributed by atoms with E-state index in [1.54, 1.807) is 6.07 Å². The molecule has 4 N–H and O–H groups in total. The van der Waals surface area contributed by atoms with E-state index in [1.165, 1.54) is 31.0 Å². The number of aliphatic hydroxyl groups is 2. The molecule has 3 rings (SSSR count). The summed E-state index contributed by atoms with van der Waals surface area (Å²) in [5.41, 5.74) is 0.168. The van der Waals surface area contributed by atoms with Gasteiger partial charge in [-0.05, 0) is 69.0 Å². The van der Waals surface area contributed by atoms with Gasteiger partial charge in [0, 0.05) is 13.2 Å². The van der Waals surface area contributed by atoms with Crippen LogP contribution in [0.2, 0.25) is 0 Å². The van der Waals surface area contributed by atoms with E-state index in [2.05, 4.69) is 41.8 Å². The zero-order valence-corrected chi connectivity index (χ0v) is 17.5. The number of halogens is 2.